The molecule has 0 spiro atoms. The Hall–Kier alpha value is -3.38. The highest BCUT2D eigenvalue weighted by molar-refractivity contribution is 6.32. The fourth-order valence-electron chi connectivity index (χ4n) is 2.83. The van der Waals surface area contributed by atoms with Crippen molar-refractivity contribution in [2.45, 2.75) is 13.3 Å². The summed E-state index contributed by atoms with van der Waals surface area (Å²) in [6.45, 7) is 2.50. The maximum absolute atomic E-state index is 12.7. The largest absolute Gasteiger partial charge is 0.493 e. The SMILES string of the molecule is CCCOc1c(Cl)cc(C(=O)Nc2ccc(Oc3ccccc3OC)cc2)cc1OC. The number of carbonyl (C=O) groups is 1. The Morgan fingerprint density at radius 3 is 2.26 bits per heavy atom. The van der Waals surface area contributed by atoms with Gasteiger partial charge in [0, 0.05) is 11.3 Å². The molecule has 0 aromatic heterocycles. The second-order valence-corrected chi connectivity index (χ2v) is 6.98. The molecular weight excluding hydrogens is 418 g/mol. The van der Waals surface area contributed by atoms with Crippen molar-refractivity contribution in [2.75, 3.05) is 26.1 Å². The number of para-hydroxylation sites is 2. The maximum Gasteiger partial charge on any atom is 0.255 e. The summed E-state index contributed by atoms with van der Waals surface area (Å²) in [5.41, 5.74) is 0.971. The van der Waals surface area contributed by atoms with E-state index in [9.17, 15) is 4.79 Å². The smallest absolute Gasteiger partial charge is 0.255 e. The van der Waals surface area contributed by atoms with Gasteiger partial charge in [-0.3, -0.25) is 4.79 Å². The molecule has 0 aliphatic heterocycles. The monoisotopic (exact) mass is 441 g/mol. The van der Waals surface area contributed by atoms with E-state index in [1.54, 1.807) is 43.5 Å². The summed E-state index contributed by atoms with van der Waals surface area (Å²) in [4.78, 5) is 12.7. The van der Waals surface area contributed by atoms with Crippen molar-refractivity contribution in [1.29, 1.82) is 0 Å². The van der Waals surface area contributed by atoms with Gasteiger partial charge in [0.05, 0.1) is 25.8 Å². The van der Waals surface area contributed by atoms with Crippen LogP contribution in [0.3, 0.4) is 0 Å². The highest BCUT2D eigenvalue weighted by Crippen LogP contribution is 2.37. The number of halogens is 1. The van der Waals surface area contributed by atoms with Crippen molar-refractivity contribution in [1.82, 2.24) is 0 Å². The molecule has 0 unspecified atom stereocenters. The maximum atomic E-state index is 12.7. The van der Waals surface area contributed by atoms with Crippen LogP contribution in [0, 0.1) is 0 Å². The van der Waals surface area contributed by atoms with Gasteiger partial charge in [-0.1, -0.05) is 30.7 Å². The average molecular weight is 442 g/mol. The molecule has 3 rings (SSSR count). The van der Waals surface area contributed by atoms with Crippen LogP contribution in [0.25, 0.3) is 0 Å². The normalized spacial score (nSPS) is 10.3. The number of rotatable bonds is 9. The fraction of sp³-hybridized carbons (Fsp3) is 0.208. The van der Waals surface area contributed by atoms with Gasteiger partial charge in [0.1, 0.15) is 5.75 Å². The summed E-state index contributed by atoms with van der Waals surface area (Å²) in [5.74, 6) is 2.38. The molecule has 162 valence electrons. The Labute approximate surface area is 186 Å². The van der Waals surface area contributed by atoms with Crippen LogP contribution < -0.4 is 24.3 Å². The second-order valence-electron chi connectivity index (χ2n) is 6.57. The zero-order valence-corrected chi connectivity index (χ0v) is 18.4. The molecular formula is C24H24ClNO5. The van der Waals surface area contributed by atoms with Crippen LogP contribution in [0.1, 0.15) is 23.7 Å². The van der Waals surface area contributed by atoms with E-state index >= 15 is 0 Å². The van der Waals surface area contributed by atoms with Crippen LogP contribution >= 0.6 is 11.6 Å². The lowest BCUT2D eigenvalue weighted by molar-refractivity contribution is 0.102. The van der Waals surface area contributed by atoms with Crippen molar-refractivity contribution >= 4 is 23.2 Å². The minimum Gasteiger partial charge on any atom is -0.493 e. The molecule has 3 aromatic rings. The molecule has 7 heteroatoms. The molecule has 0 atom stereocenters. The summed E-state index contributed by atoms with van der Waals surface area (Å²) >= 11 is 6.31. The van der Waals surface area contributed by atoms with E-state index in [0.29, 0.717) is 51.6 Å². The van der Waals surface area contributed by atoms with Crippen LogP contribution in [0.15, 0.2) is 60.7 Å². The van der Waals surface area contributed by atoms with E-state index in [1.807, 2.05) is 31.2 Å². The molecule has 0 aliphatic carbocycles. The Bertz CT molecular complexity index is 1040. The molecule has 31 heavy (non-hydrogen) atoms. The van der Waals surface area contributed by atoms with E-state index in [-0.39, 0.29) is 5.91 Å². The topological polar surface area (TPSA) is 66.0 Å². The van der Waals surface area contributed by atoms with Crippen LogP contribution in [0.4, 0.5) is 5.69 Å². The summed E-state index contributed by atoms with van der Waals surface area (Å²) in [7, 11) is 3.09. The van der Waals surface area contributed by atoms with E-state index in [1.165, 1.54) is 7.11 Å². The minimum atomic E-state index is -0.319. The number of carbonyl (C=O) groups excluding carboxylic acids is 1. The predicted molar refractivity (Wildman–Crippen MR) is 121 cm³/mol. The lowest BCUT2D eigenvalue weighted by Gasteiger charge is -2.14. The third-order valence-corrected chi connectivity index (χ3v) is 4.63. The van der Waals surface area contributed by atoms with Gasteiger partial charge >= 0.3 is 0 Å². The number of benzene rings is 3. The number of hydrogen-bond acceptors (Lipinski definition) is 5. The highest BCUT2D eigenvalue weighted by Gasteiger charge is 2.16. The van der Waals surface area contributed by atoms with Crippen LogP contribution in [0.2, 0.25) is 5.02 Å². The molecule has 0 aliphatic rings. The number of amides is 1. The standard InChI is InChI=1S/C24H24ClNO5/c1-4-13-30-23-19(25)14-16(15-22(23)29-3)24(27)26-17-9-11-18(12-10-17)31-21-8-6-5-7-20(21)28-2/h5-12,14-15H,4,13H2,1-3H3,(H,26,27). The second kappa shape index (κ2) is 10.6. The quantitative estimate of drug-likeness (QED) is 0.428. The predicted octanol–water partition coefficient (Wildman–Crippen LogP) is 6.19. The zero-order chi connectivity index (χ0) is 22.2. The molecule has 1 N–H and O–H groups in total. The Morgan fingerprint density at radius 2 is 1.61 bits per heavy atom. The van der Waals surface area contributed by atoms with E-state index in [0.717, 1.165) is 6.42 Å². The summed E-state index contributed by atoms with van der Waals surface area (Å²) in [5, 5.41) is 3.16. The van der Waals surface area contributed by atoms with Crippen molar-refractivity contribution < 1.29 is 23.7 Å². The molecule has 0 heterocycles. The van der Waals surface area contributed by atoms with E-state index < -0.39 is 0 Å². The lowest BCUT2D eigenvalue weighted by Crippen LogP contribution is -2.12. The van der Waals surface area contributed by atoms with Gasteiger partial charge in [-0.15, -0.1) is 0 Å². The fourth-order valence-corrected chi connectivity index (χ4v) is 3.10. The van der Waals surface area contributed by atoms with Crippen LogP contribution in [-0.4, -0.2) is 26.7 Å². The number of hydrogen-bond donors (Lipinski definition) is 1. The molecule has 0 fully saturated rings. The van der Waals surface area contributed by atoms with E-state index in [4.69, 9.17) is 30.5 Å². The van der Waals surface area contributed by atoms with Gasteiger partial charge in [0.2, 0.25) is 0 Å². The number of anilines is 1. The third kappa shape index (κ3) is 5.61. The highest BCUT2D eigenvalue weighted by atomic mass is 35.5. The van der Waals surface area contributed by atoms with Gasteiger partial charge in [0.25, 0.3) is 5.91 Å². The zero-order valence-electron chi connectivity index (χ0n) is 17.6. The average Bonchev–Trinajstić information content (AvgIpc) is 2.79. The first-order chi connectivity index (χ1) is 15.0. The third-order valence-electron chi connectivity index (χ3n) is 4.35. The molecule has 0 saturated carbocycles. The summed E-state index contributed by atoms with van der Waals surface area (Å²) < 4.78 is 22.1. The van der Waals surface area contributed by atoms with E-state index in [2.05, 4.69) is 5.32 Å². The van der Waals surface area contributed by atoms with Crippen LogP contribution in [-0.2, 0) is 0 Å². The van der Waals surface area contributed by atoms with Gasteiger partial charge < -0.3 is 24.3 Å². The minimum absolute atomic E-state index is 0.318. The first-order valence-electron chi connectivity index (χ1n) is 9.78. The molecule has 0 saturated heterocycles. The Kier molecular flexibility index (Phi) is 7.62. The number of methoxy groups -OCH3 is 2. The molecule has 6 nitrogen and oxygen atoms in total. The first-order valence-corrected chi connectivity index (χ1v) is 10.2. The summed E-state index contributed by atoms with van der Waals surface area (Å²) in [6, 6.07) is 17.6. The molecule has 0 radical (unpaired) electrons. The number of ether oxygens (including phenoxy) is 4. The van der Waals surface area contributed by atoms with Gasteiger partial charge in [-0.05, 0) is 55.0 Å². The number of nitrogens with one attached hydrogen (secondary N) is 1. The molecule has 1 amide bonds. The van der Waals surface area contributed by atoms with Gasteiger partial charge in [-0.2, -0.15) is 0 Å². The van der Waals surface area contributed by atoms with Crippen molar-refractivity contribution in [2.24, 2.45) is 0 Å². The van der Waals surface area contributed by atoms with Crippen molar-refractivity contribution in [3.05, 3.63) is 71.2 Å². The van der Waals surface area contributed by atoms with Gasteiger partial charge in [-0.25, -0.2) is 0 Å². The van der Waals surface area contributed by atoms with Crippen molar-refractivity contribution in [3.63, 3.8) is 0 Å². The van der Waals surface area contributed by atoms with Crippen LogP contribution in [0.5, 0.6) is 28.7 Å². The molecule has 3 aromatic carbocycles. The molecule has 0 bridgehead atoms. The first kappa shape index (κ1) is 22.3. The Morgan fingerprint density at radius 1 is 0.935 bits per heavy atom. The lowest BCUT2D eigenvalue weighted by atomic mass is 10.1. The van der Waals surface area contributed by atoms with Gasteiger partial charge in [0.15, 0.2) is 23.0 Å². The summed E-state index contributed by atoms with van der Waals surface area (Å²) in [6.07, 6.45) is 0.832. The Balaban J connectivity index is 1.71. The van der Waals surface area contributed by atoms with Crippen molar-refractivity contribution in [3.8, 4) is 28.7 Å².